The Kier molecular flexibility index (Phi) is 7.25. The molecule has 2 aliphatic heterocycles. The molecule has 8 aliphatic carbocycles. The summed E-state index contributed by atoms with van der Waals surface area (Å²) in [6.45, 7) is 0.0241. The minimum atomic E-state index is 0.0241. The zero-order valence-electron chi connectivity index (χ0n) is 39.9. The van der Waals surface area contributed by atoms with Crippen LogP contribution in [0.25, 0.3) is 71.2 Å². The molecule has 2 aromatic heterocycles. The highest BCUT2D eigenvalue weighted by Crippen LogP contribution is 2.63. The normalized spacial score (nSPS) is 28.3. The quantitative estimate of drug-likeness (QED) is 0.157. The highest BCUT2D eigenvalue weighted by atomic mass is 15.1. The molecule has 0 atom stereocenters. The van der Waals surface area contributed by atoms with E-state index >= 15 is 0 Å². The summed E-state index contributed by atoms with van der Waals surface area (Å²) in [4.78, 5) is 2.52. The molecule has 0 amide bonds. The van der Waals surface area contributed by atoms with E-state index in [0.29, 0.717) is 5.41 Å². The average Bonchev–Trinajstić information content (AvgIpc) is 3.91. The molecule has 0 saturated heterocycles. The van der Waals surface area contributed by atoms with Crippen molar-refractivity contribution in [1.82, 2.24) is 9.05 Å². The maximum Gasteiger partial charge on any atom is 0.333 e. The van der Waals surface area contributed by atoms with E-state index in [1.54, 1.807) is 11.1 Å². The van der Waals surface area contributed by atoms with Crippen LogP contribution in [-0.2, 0) is 10.8 Å². The molecule has 0 N–H and O–H groups in total. The first-order valence-electron chi connectivity index (χ1n) is 27.2. The summed E-state index contributed by atoms with van der Waals surface area (Å²) in [7, 11) is 0. The number of nitrogens with zero attached hydrogens (tertiary/aromatic N) is 3. The summed E-state index contributed by atoms with van der Waals surface area (Å²) in [6, 6.07) is 62.2. The van der Waals surface area contributed by atoms with Gasteiger partial charge in [-0.05, 0) is 217 Å². The van der Waals surface area contributed by atoms with Crippen molar-refractivity contribution in [3.05, 3.63) is 169 Å². The number of benzene rings is 8. The second-order valence-electron chi connectivity index (χ2n) is 24.5. The predicted octanol–water partition coefficient (Wildman–Crippen LogP) is 15.4. The number of aromatic nitrogens is 2. The van der Waals surface area contributed by atoms with Gasteiger partial charge in [-0.15, -0.1) is 0 Å². The van der Waals surface area contributed by atoms with Crippen LogP contribution in [0.3, 0.4) is 0 Å². The Morgan fingerprint density at radius 2 is 1.00 bits per heavy atom. The fourth-order valence-electron chi connectivity index (χ4n) is 19.0. The van der Waals surface area contributed by atoms with E-state index in [4.69, 9.17) is 0 Å². The molecule has 10 aromatic rings. The Morgan fingerprint density at radius 1 is 0.414 bits per heavy atom. The van der Waals surface area contributed by atoms with E-state index in [2.05, 4.69) is 172 Å². The highest BCUT2D eigenvalue weighted by Gasteiger charge is 2.54. The van der Waals surface area contributed by atoms with Crippen LogP contribution in [0, 0.1) is 35.5 Å². The van der Waals surface area contributed by atoms with Crippen LogP contribution >= 0.6 is 0 Å². The number of para-hydroxylation sites is 3. The second-order valence-corrected chi connectivity index (χ2v) is 24.5. The third-order valence-corrected chi connectivity index (χ3v) is 20.7. The number of hydrogen-bond donors (Lipinski definition) is 0. The number of fused-ring (bicyclic) bond motifs is 12. The molecule has 20 rings (SSSR count). The molecule has 338 valence electrons. The highest BCUT2D eigenvalue weighted by molar-refractivity contribution is 6.90. The predicted molar refractivity (Wildman–Crippen MR) is 292 cm³/mol. The fraction of sp³-hybridized carbons (Fsp3) is 0.303. The lowest BCUT2D eigenvalue weighted by atomic mass is 9.45. The van der Waals surface area contributed by atoms with Crippen LogP contribution in [0.2, 0.25) is 0 Å². The van der Waals surface area contributed by atoms with Crippen molar-refractivity contribution in [1.29, 1.82) is 0 Å². The van der Waals surface area contributed by atoms with Crippen LogP contribution < -0.4 is 15.8 Å². The van der Waals surface area contributed by atoms with Crippen LogP contribution in [0.1, 0.15) is 88.2 Å². The first-order valence-corrected chi connectivity index (χ1v) is 27.2. The minimum Gasteiger partial charge on any atom is -0.375 e. The lowest BCUT2D eigenvalue weighted by molar-refractivity contribution is -0.00527. The summed E-state index contributed by atoms with van der Waals surface area (Å²) in [5, 5.41) is 8.30. The lowest BCUT2D eigenvalue weighted by Gasteiger charge is -2.57. The molecule has 70 heavy (non-hydrogen) atoms. The van der Waals surface area contributed by atoms with Crippen LogP contribution in [0.5, 0.6) is 0 Å². The van der Waals surface area contributed by atoms with Crippen LogP contribution in [0.15, 0.2) is 158 Å². The molecule has 0 unspecified atom stereocenters. The molecule has 8 fully saturated rings. The summed E-state index contributed by atoms with van der Waals surface area (Å²) < 4.78 is 5.59. The second kappa shape index (κ2) is 13.3. The van der Waals surface area contributed by atoms with E-state index in [1.165, 1.54) is 176 Å². The topological polar surface area (TPSA) is 13.1 Å². The molecular weight excluding hydrogens is 846 g/mol. The zero-order chi connectivity index (χ0) is 45.2. The van der Waals surface area contributed by atoms with Crippen molar-refractivity contribution >= 4 is 89.2 Å². The monoisotopic (exact) mass is 901 g/mol. The Hall–Kier alpha value is -6.52. The summed E-state index contributed by atoms with van der Waals surface area (Å²) in [6.07, 6.45) is 17.1. The van der Waals surface area contributed by atoms with Gasteiger partial charge in [-0.1, -0.05) is 97.1 Å². The Labute approximate surface area is 410 Å². The third kappa shape index (κ3) is 4.89. The van der Waals surface area contributed by atoms with Crippen molar-refractivity contribution in [2.24, 2.45) is 35.5 Å². The summed E-state index contributed by atoms with van der Waals surface area (Å²) in [5.41, 5.74) is 20.0. The maximum absolute atomic E-state index is 2.87. The van der Waals surface area contributed by atoms with Crippen molar-refractivity contribution in [2.75, 3.05) is 4.90 Å². The SMILES string of the molecule is c1ccc(N(c2ccccc2)c2cc3c4c(c2)-n2c5c(cccc5c5ccc6ccccc6c52)B4n2c4ccc(C56CC7CC(CC(C7)C5)C6)cc4c4cc(C56CC7CC(CC(C7)C5)C6)cc-3c42)cc1. The molecule has 0 spiro atoms. The van der Waals surface area contributed by atoms with Crippen molar-refractivity contribution in [3.63, 3.8) is 0 Å². The van der Waals surface area contributed by atoms with E-state index in [9.17, 15) is 0 Å². The van der Waals surface area contributed by atoms with Gasteiger partial charge in [0.15, 0.2) is 0 Å². The fourth-order valence-corrected chi connectivity index (χ4v) is 19.0. The molecular formula is C66H56BN3. The standard InChI is InChI=1S/C66H56BN3/c1-3-11-48(12-4-1)68(49-13-5-2-6-14-49)50-31-55-57-30-47(66-36-42-25-43(37-66)27-44(26-42)38-66)29-56-54-28-46(65-33-39-22-40(34-65)24-41(23-39)35-65)19-21-59(54)70(63(56)57)67-58-17-9-16-52-53-20-18-45-10-7-8-15-51(45)62(53)69(64(52)58)60(32-50)61(55)67/h1-21,28-32,39-44H,22-27,33-38H2. The summed E-state index contributed by atoms with van der Waals surface area (Å²) >= 11 is 0. The average molecular weight is 902 g/mol. The van der Waals surface area contributed by atoms with E-state index in [1.807, 2.05) is 0 Å². The number of rotatable bonds is 5. The number of anilines is 3. The maximum atomic E-state index is 2.87. The molecule has 10 aliphatic rings. The van der Waals surface area contributed by atoms with E-state index in [0.717, 1.165) is 35.5 Å². The summed E-state index contributed by atoms with van der Waals surface area (Å²) in [5.74, 6) is 5.38. The largest absolute Gasteiger partial charge is 0.375 e. The minimum absolute atomic E-state index is 0.0241. The smallest absolute Gasteiger partial charge is 0.333 e. The van der Waals surface area contributed by atoms with Gasteiger partial charge in [0.1, 0.15) is 0 Å². The first kappa shape index (κ1) is 38.3. The van der Waals surface area contributed by atoms with Crippen molar-refractivity contribution < 1.29 is 0 Å². The van der Waals surface area contributed by atoms with Crippen LogP contribution in [-0.4, -0.2) is 15.9 Å². The molecule has 8 aromatic carbocycles. The third-order valence-electron chi connectivity index (χ3n) is 20.7. The molecule has 4 heteroatoms. The van der Waals surface area contributed by atoms with Gasteiger partial charge in [-0.2, -0.15) is 0 Å². The van der Waals surface area contributed by atoms with E-state index < -0.39 is 0 Å². The van der Waals surface area contributed by atoms with Gasteiger partial charge < -0.3 is 13.9 Å². The van der Waals surface area contributed by atoms with Gasteiger partial charge >= 0.3 is 6.85 Å². The molecule has 8 saturated carbocycles. The van der Waals surface area contributed by atoms with Crippen molar-refractivity contribution in [2.45, 2.75) is 87.9 Å². The Bertz CT molecular complexity index is 3820. The Morgan fingerprint density at radius 3 is 1.67 bits per heavy atom. The van der Waals surface area contributed by atoms with Gasteiger partial charge in [0.2, 0.25) is 0 Å². The van der Waals surface area contributed by atoms with Crippen molar-refractivity contribution in [3.8, 4) is 16.8 Å². The first-order chi connectivity index (χ1) is 34.5. The van der Waals surface area contributed by atoms with E-state index in [-0.39, 0.29) is 12.3 Å². The lowest BCUT2D eigenvalue weighted by Crippen LogP contribution is -2.55. The molecule has 8 bridgehead atoms. The van der Waals surface area contributed by atoms with Gasteiger partial charge in [0.05, 0.1) is 11.0 Å². The Balaban J connectivity index is 0.994. The van der Waals surface area contributed by atoms with Gasteiger partial charge in [-0.25, -0.2) is 0 Å². The molecule has 4 heterocycles. The van der Waals surface area contributed by atoms with Crippen LogP contribution in [0.4, 0.5) is 17.1 Å². The molecule has 0 radical (unpaired) electrons. The van der Waals surface area contributed by atoms with Gasteiger partial charge in [0, 0.05) is 66.3 Å². The molecule has 3 nitrogen and oxygen atoms in total. The van der Waals surface area contributed by atoms with Gasteiger partial charge in [-0.3, -0.25) is 0 Å². The number of hydrogen-bond acceptors (Lipinski definition) is 1. The zero-order valence-corrected chi connectivity index (χ0v) is 39.9. The van der Waals surface area contributed by atoms with Gasteiger partial charge in [0.25, 0.3) is 0 Å².